The number of rotatable bonds is 5. The summed E-state index contributed by atoms with van der Waals surface area (Å²) >= 11 is 12.3. The second kappa shape index (κ2) is 6.40. The minimum atomic E-state index is -0.574. The fraction of sp³-hybridized carbons (Fsp3) is 0.250. The average molecular weight is 297 g/mol. The first-order chi connectivity index (χ1) is 9.22. The van der Waals surface area contributed by atoms with E-state index in [-0.39, 0.29) is 17.6 Å². The van der Waals surface area contributed by atoms with Crippen LogP contribution in [-0.4, -0.2) is 11.8 Å². The van der Waals surface area contributed by atoms with Gasteiger partial charge in [0.05, 0.1) is 0 Å². The molecule has 0 amide bonds. The van der Waals surface area contributed by atoms with E-state index in [0.717, 1.165) is 5.56 Å². The molecule has 0 aliphatic carbocycles. The van der Waals surface area contributed by atoms with Gasteiger partial charge in [-0.3, -0.25) is 0 Å². The quantitative estimate of drug-likeness (QED) is 0.696. The van der Waals surface area contributed by atoms with Crippen LogP contribution in [-0.2, 0) is 11.8 Å². The molecule has 0 radical (unpaired) electrons. The molecule has 0 aromatic heterocycles. The molecule has 0 N–H and O–H groups in total. The third-order valence-corrected chi connectivity index (χ3v) is 4.37. The van der Waals surface area contributed by atoms with Gasteiger partial charge in [0.2, 0.25) is 0 Å². The zero-order valence-corrected chi connectivity index (χ0v) is 12.0. The molecule has 0 aliphatic heterocycles. The lowest BCUT2D eigenvalue weighted by Gasteiger charge is -2.30. The second-order valence-corrected chi connectivity index (χ2v) is 5.22. The van der Waals surface area contributed by atoms with E-state index in [0.29, 0.717) is 12.0 Å². The Labute approximate surface area is 123 Å². The lowest BCUT2D eigenvalue weighted by molar-refractivity contribution is 0.491. The maximum atomic E-state index is 14.0. The Balaban J connectivity index is 2.41. The zero-order valence-electron chi connectivity index (χ0n) is 10.5. The summed E-state index contributed by atoms with van der Waals surface area (Å²) in [7, 11) is 0. The Hall–Kier alpha value is -1.05. The van der Waals surface area contributed by atoms with Crippen LogP contribution < -0.4 is 0 Å². The molecule has 19 heavy (non-hydrogen) atoms. The van der Waals surface area contributed by atoms with Crippen LogP contribution in [0.1, 0.15) is 11.1 Å². The van der Waals surface area contributed by atoms with Crippen molar-refractivity contribution >= 4 is 23.2 Å². The number of alkyl halides is 2. The summed E-state index contributed by atoms with van der Waals surface area (Å²) in [5.74, 6) is 0.318. The lowest BCUT2D eigenvalue weighted by atomic mass is 9.78. The van der Waals surface area contributed by atoms with E-state index in [1.165, 1.54) is 6.07 Å². The van der Waals surface area contributed by atoms with E-state index in [4.69, 9.17) is 23.2 Å². The number of hydrogen-bond donors (Lipinski definition) is 0. The van der Waals surface area contributed by atoms with E-state index in [2.05, 4.69) is 0 Å². The van der Waals surface area contributed by atoms with Crippen LogP contribution in [0, 0.1) is 5.82 Å². The second-order valence-electron chi connectivity index (χ2n) is 4.69. The van der Waals surface area contributed by atoms with Gasteiger partial charge in [-0.25, -0.2) is 4.39 Å². The van der Waals surface area contributed by atoms with E-state index in [9.17, 15) is 4.39 Å². The number of hydrogen-bond acceptors (Lipinski definition) is 0. The van der Waals surface area contributed by atoms with Gasteiger partial charge in [-0.1, -0.05) is 48.5 Å². The van der Waals surface area contributed by atoms with Crippen molar-refractivity contribution in [3.05, 3.63) is 71.5 Å². The Morgan fingerprint density at radius 3 is 2.00 bits per heavy atom. The summed E-state index contributed by atoms with van der Waals surface area (Å²) < 4.78 is 14.0. The van der Waals surface area contributed by atoms with Crippen LogP contribution in [0.2, 0.25) is 0 Å². The summed E-state index contributed by atoms with van der Waals surface area (Å²) in [6.07, 6.45) is 0.627. The van der Waals surface area contributed by atoms with Gasteiger partial charge in [-0.05, 0) is 23.6 Å². The fourth-order valence-corrected chi connectivity index (χ4v) is 3.01. The molecule has 3 heteroatoms. The monoisotopic (exact) mass is 296 g/mol. The summed E-state index contributed by atoms with van der Waals surface area (Å²) in [6, 6.07) is 16.6. The molecule has 0 atom stereocenters. The third kappa shape index (κ3) is 3.10. The SMILES string of the molecule is Fc1ccccc1C(CCl)(CCl)Cc1ccccc1. The van der Waals surface area contributed by atoms with E-state index in [1.807, 2.05) is 36.4 Å². The van der Waals surface area contributed by atoms with Crippen molar-refractivity contribution < 1.29 is 4.39 Å². The van der Waals surface area contributed by atoms with Gasteiger partial charge in [0.25, 0.3) is 0 Å². The Kier molecular flexibility index (Phi) is 4.84. The molecule has 0 aliphatic rings. The number of benzene rings is 2. The first-order valence-corrected chi connectivity index (χ1v) is 7.19. The molecule has 2 aromatic carbocycles. The van der Waals surface area contributed by atoms with Gasteiger partial charge in [0, 0.05) is 17.2 Å². The minimum Gasteiger partial charge on any atom is -0.207 e. The van der Waals surface area contributed by atoms with Gasteiger partial charge >= 0.3 is 0 Å². The van der Waals surface area contributed by atoms with Gasteiger partial charge in [-0.2, -0.15) is 0 Å². The highest BCUT2D eigenvalue weighted by atomic mass is 35.5. The minimum absolute atomic E-state index is 0.250. The Morgan fingerprint density at radius 2 is 1.42 bits per heavy atom. The van der Waals surface area contributed by atoms with Gasteiger partial charge in [0.15, 0.2) is 0 Å². The maximum absolute atomic E-state index is 14.0. The smallest absolute Gasteiger partial charge is 0.127 e. The van der Waals surface area contributed by atoms with Crippen molar-refractivity contribution in [2.24, 2.45) is 0 Å². The topological polar surface area (TPSA) is 0 Å². The van der Waals surface area contributed by atoms with Crippen LogP contribution in [0.25, 0.3) is 0 Å². The van der Waals surface area contributed by atoms with E-state index in [1.54, 1.807) is 12.1 Å². The highest BCUT2D eigenvalue weighted by Gasteiger charge is 2.33. The summed E-state index contributed by atoms with van der Waals surface area (Å²) in [6.45, 7) is 0. The van der Waals surface area contributed by atoms with Gasteiger partial charge < -0.3 is 0 Å². The van der Waals surface area contributed by atoms with Crippen molar-refractivity contribution in [3.63, 3.8) is 0 Å². The van der Waals surface area contributed by atoms with E-state index < -0.39 is 5.41 Å². The lowest BCUT2D eigenvalue weighted by Crippen LogP contribution is -2.34. The van der Waals surface area contributed by atoms with Crippen LogP contribution in [0.5, 0.6) is 0 Å². The molecular formula is C16H15Cl2F. The average Bonchev–Trinajstić information content (AvgIpc) is 2.47. The highest BCUT2D eigenvalue weighted by Crippen LogP contribution is 2.33. The predicted molar refractivity (Wildman–Crippen MR) is 79.7 cm³/mol. The predicted octanol–water partition coefficient (Wildman–Crippen LogP) is 4.78. The molecule has 0 heterocycles. The molecule has 0 nitrogen and oxygen atoms in total. The van der Waals surface area contributed by atoms with E-state index >= 15 is 0 Å². The molecule has 0 unspecified atom stereocenters. The summed E-state index contributed by atoms with van der Waals surface area (Å²) in [4.78, 5) is 0. The molecule has 100 valence electrons. The molecule has 0 bridgehead atoms. The zero-order chi connectivity index (χ0) is 13.7. The number of halogens is 3. The summed E-state index contributed by atoms with van der Waals surface area (Å²) in [5, 5.41) is 0. The standard InChI is InChI=1S/C16H15Cl2F/c17-11-16(12-18,10-13-6-2-1-3-7-13)14-8-4-5-9-15(14)19/h1-9H,10-12H2. The molecule has 2 aromatic rings. The first kappa shape index (κ1) is 14.4. The molecule has 2 rings (SSSR count). The Morgan fingerprint density at radius 1 is 0.842 bits per heavy atom. The third-order valence-electron chi connectivity index (χ3n) is 3.34. The molecule has 0 saturated carbocycles. The van der Waals surface area contributed by atoms with Gasteiger partial charge in [0.1, 0.15) is 5.82 Å². The van der Waals surface area contributed by atoms with Crippen LogP contribution >= 0.6 is 23.2 Å². The largest absolute Gasteiger partial charge is 0.207 e. The highest BCUT2D eigenvalue weighted by molar-refractivity contribution is 6.22. The van der Waals surface area contributed by atoms with Crippen molar-refractivity contribution in [2.45, 2.75) is 11.8 Å². The maximum Gasteiger partial charge on any atom is 0.127 e. The normalized spacial score (nSPS) is 11.5. The van der Waals surface area contributed by atoms with Crippen molar-refractivity contribution in [2.75, 3.05) is 11.8 Å². The molecule has 0 spiro atoms. The molecular weight excluding hydrogens is 282 g/mol. The Bertz CT molecular complexity index is 521. The molecule has 0 fully saturated rings. The summed E-state index contributed by atoms with van der Waals surface area (Å²) in [5.41, 5.74) is 1.12. The van der Waals surface area contributed by atoms with Crippen LogP contribution in [0.3, 0.4) is 0 Å². The first-order valence-electron chi connectivity index (χ1n) is 6.13. The van der Waals surface area contributed by atoms with Crippen LogP contribution in [0.15, 0.2) is 54.6 Å². The molecule has 0 saturated heterocycles. The van der Waals surface area contributed by atoms with Crippen LogP contribution in [0.4, 0.5) is 4.39 Å². The van der Waals surface area contributed by atoms with Crippen molar-refractivity contribution in [3.8, 4) is 0 Å². The fourth-order valence-electron chi connectivity index (χ4n) is 2.25. The van der Waals surface area contributed by atoms with Gasteiger partial charge in [-0.15, -0.1) is 23.2 Å². The van der Waals surface area contributed by atoms with Crippen molar-refractivity contribution in [1.29, 1.82) is 0 Å². The van der Waals surface area contributed by atoms with Crippen molar-refractivity contribution in [1.82, 2.24) is 0 Å².